The highest BCUT2D eigenvalue weighted by molar-refractivity contribution is 6.32. The summed E-state index contributed by atoms with van der Waals surface area (Å²) in [5.74, 6) is -0.165. The number of hydrogen-bond donors (Lipinski definition) is 6. The summed E-state index contributed by atoms with van der Waals surface area (Å²) in [4.78, 5) is 1.83. The molecule has 0 spiro atoms. The van der Waals surface area contributed by atoms with Gasteiger partial charge in [0.15, 0.2) is 5.76 Å². The zero-order valence-corrected chi connectivity index (χ0v) is 15.0. The van der Waals surface area contributed by atoms with Gasteiger partial charge in [-0.3, -0.25) is 4.90 Å². The SMILES string of the molecule is OC[C@@H](O)[C@H](O)[C@@H](O)CN1CCc2noc(-c3cc(Cl)c(O)cc3O)c2C1. The molecule has 0 unspecified atom stereocenters. The number of hydrogen-bond acceptors (Lipinski definition) is 9. The monoisotopic (exact) mass is 400 g/mol. The van der Waals surface area contributed by atoms with Gasteiger partial charge in [-0.2, -0.15) is 0 Å². The van der Waals surface area contributed by atoms with Gasteiger partial charge in [-0.25, -0.2) is 0 Å². The van der Waals surface area contributed by atoms with Crippen molar-refractivity contribution in [1.29, 1.82) is 0 Å². The van der Waals surface area contributed by atoms with E-state index in [0.717, 1.165) is 6.07 Å². The van der Waals surface area contributed by atoms with Gasteiger partial charge in [-0.1, -0.05) is 16.8 Å². The summed E-state index contributed by atoms with van der Waals surface area (Å²) in [5, 5.41) is 62.0. The van der Waals surface area contributed by atoms with Crippen LogP contribution in [0.25, 0.3) is 11.3 Å². The van der Waals surface area contributed by atoms with E-state index in [9.17, 15) is 25.5 Å². The molecule has 9 nitrogen and oxygen atoms in total. The van der Waals surface area contributed by atoms with Crippen molar-refractivity contribution in [2.75, 3.05) is 19.7 Å². The third-order valence-corrected chi connectivity index (χ3v) is 4.95. The van der Waals surface area contributed by atoms with E-state index >= 15 is 0 Å². The topological polar surface area (TPSA) is 151 Å². The van der Waals surface area contributed by atoms with Crippen molar-refractivity contribution >= 4 is 11.6 Å². The molecule has 148 valence electrons. The number of fused-ring (bicyclic) bond motifs is 1. The lowest BCUT2D eigenvalue weighted by molar-refractivity contribution is -0.0849. The van der Waals surface area contributed by atoms with Crippen molar-refractivity contribution in [1.82, 2.24) is 10.1 Å². The van der Waals surface area contributed by atoms with Gasteiger partial charge in [0, 0.05) is 37.7 Å². The predicted octanol–water partition coefficient (Wildman–Crippen LogP) is -0.161. The number of halogens is 1. The lowest BCUT2D eigenvalue weighted by Crippen LogP contribution is -2.46. The number of phenolic OH excluding ortho intramolecular Hbond substituents is 2. The zero-order chi connectivity index (χ0) is 19.7. The fourth-order valence-electron chi connectivity index (χ4n) is 3.11. The average Bonchev–Trinajstić information content (AvgIpc) is 3.06. The van der Waals surface area contributed by atoms with Crippen LogP contribution < -0.4 is 0 Å². The molecule has 10 heteroatoms. The molecule has 0 bridgehead atoms. The van der Waals surface area contributed by atoms with Crippen molar-refractivity contribution in [3.05, 3.63) is 28.4 Å². The molecule has 0 fully saturated rings. The van der Waals surface area contributed by atoms with Crippen LogP contribution in [0.15, 0.2) is 16.7 Å². The van der Waals surface area contributed by atoms with Gasteiger partial charge in [0.05, 0.1) is 29.0 Å². The summed E-state index contributed by atoms with van der Waals surface area (Å²) in [7, 11) is 0. The first-order chi connectivity index (χ1) is 12.8. The van der Waals surface area contributed by atoms with Crippen molar-refractivity contribution in [2.24, 2.45) is 0 Å². The molecular weight excluding hydrogens is 380 g/mol. The molecule has 2 aromatic rings. The molecule has 0 saturated carbocycles. The Balaban J connectivity index is 1.80. The first-order valence-corrected chi connectivity index (χ1v) is 8.76. The van der Waals surface area contributed by atoms with E-state index in [1.807, 2.05) is 4.90 Å². The molecule has 1 aromatic carbocycles. The van der Waals surface area contributed by atoms with Crippen LogP contribution in [0.5, 0.6) is 11.5 Å². The molecule has 27 heavy (non-hydrogen) atoms. The fourth-order valence-corrected chi connectivity index (χ4v) is 3.27. The Hall–Kier alpha value is -1.88. The number of aliphatic hydroxyl groups excluding tert-OH is 4. The highest BCUT2D eigenvalue weighted by Crippen LogP contribution is 2.40. The van der Waals surface area contributed by atoms with Crippen LogP contribution in [0, 0.1) is 0 Å². The summed E-state index contributed by atoms with van der Waals surface area (Å²) >= 11 is 5.92. The summed E-state index contributed by atoms with van der Waals surface area (Å²) in [6.07, 6.45) is -3.63. The highest BCUT2D eigenvalue weighted by atomic mass is 35.5. The summed E-state index contributed by atoms with van der Waals surface area (Å²) in [6, 6.07) is 2.49. The van der Waals surface area contributed by atoms with Crippen LogP contribution in [-0.2, 0) is 13.0 Å². The second kappa shape index (κ2) is 8.01. The minimum atomic E-state index is -1.47. The van der Waals surface area contributed by atoms with E-state index in [1.54, 1.807) is 0 Å². The van der Waals surface area contributed by atoms with Gasteiger partial charge in [-0.15, -0.1) is 0 Å². The molecule has 0 amide bonds. The molecule has 0 radical (unpaired) electrons. The molecule has 0 aliphatic carbocycles. The van der Waals surface area contributed by atoms with Gasteiger partial charge < -0.3 is 35.2 Å². The minimum absolute atomic E-state index is 0.0529. The number of aliphatic hydroxyl groups is 4. The largest absolute Gasteiger partial charge is 0.507 e. The highest BCUT2D eigenvalue weighted by Gasteiger charge is 2.30. The molecular formula is C17H21ClN2O7. The molecule has 1 aliphatic rings. The third kappa shape index (κ3) is 4.03. The lowest BCUT2D eigenvalue weighted by atomic mass is 10.00. The minimum Gasteiger partial charge on any atom is -0.507 e. The second-order valence-corrected chi connectivity index (χ2v) is 6.96. The number of β-amino-alcohol motifs (C(OH)–C–C–N with tert-alkyl or cyclic N) is 1. The van der Waals surface area contributed by atoms with Crippen molar-refractivity contribution in [3.8, 4) is 22.8 Å². The van der Waals surface area contributed by atoms with Crippen LogP contribution >= 0.6 is 11.6 Å². The standard InChI is InChI=1S/C17H21ClN2O7/c18-10-3-8(12(22)4-13(10)23)17-9-5-20(2-1-11(9)19-27-17)6-14(24)16(26)15(25)7-21/h3-4,14-16,21-26H,1-2,5-7H2/t14-,15+,16+/m0/s1. The summed E-state index contributed by atoms with van der Waals surface area (Å²) in [5.41, 5.74) is 1.68. The Labute approximate surface area is 159 Å². The number of benzene rings is 1. The Bertz CT molecular complexity index is 813. The number of rotatable bonds is 6. The maximum Gasteiger partial charge on any atom is 0.175 e. The molecule has 1 aliphatic heterocycles. The fraction of sp³-hybridized carbons (Fsp3) is 0.471. The van der Waals surface area contributed by atoms with Gasteiger partial charge in [0.1, 0.15) is 23.7 Å². The molecule has 2 heterocycles. The molecule has 3 rings (SSSR count). The molecule has 0 saturated heterocycles. The Morgan fingerprint density at radius 2 is 1.89 bits per heavy atom. The van der Waals surface area contributed by atoms with E-state index in [4.69, 9.17) is 21.2 Å². The van der Waals surface area contributed by atoms with E-state index in [2.05, 4.69) is 5.16 Å². The van der Waals surface area contributed by atoms with Crippen molar-refractivity contribution < 1.29 is 35.2 Å². The van der Waals surface area contributed by atoms with Crippen LogP contribution in [0.1, 0.15) is 11.3 Å². The maximum absolute atomic E-state index is 10.1. The quantitative estimate of drug-likeness (QED) is 0.388. The summed E-state index contributed by atoms with van der Waals surface area (Å²) < 4.78 is 5.37. The number of aromatic nitrogens is 1. The average molecular weight is 401 g/mol. The maximum atomic E-state index is 10.1. The van der Waals surface area contributed by atoms with Crippen LogP contribution in [0.2, 0.25) is 5.02 Å². The van der Waals surface area contributed by atoms with Crippen molar-refractivity contribution in [2.45, 2.75) is 31.3 Å². The van der Waals surface area contributed by atoms with E-state index in [1.165, 1.54) is 6.07 Å². The van der Waals surface area contributed by atoms with E-state index in [0.29, 0.717) is 36.5 Å². The third-order valence-electron chi connectivity index (χ3n) is 4.65. The number of nitrogens with zero attached hydrogens (tertiary/aromatic N) is 2. The van der Waals surface area contributed by atoms with E-state index in [-0.39, 0.29) is 28.6 Å². The van der Waals surface area contributed by atoms with Crippen LogP contribution in [0.3, 0.4) is 0 Å². The predicted molar refractivity (Wildman–Crippen MR) is 94.4 cm³/mol. The van der Waals surface area contributed by atoms with Gasteiger partial charge >= 0.3 is 0 Å². The smallest absolute Gasteiger partial charge is 0.175 e. The Morgan fingerprint density at radius 3 is 2.59 bits per heavy atom. The normalized spacial score (nSPS) is 18.1. The van der Waals surface area contributed by atoms with Crippen LogP contribution in [0.4, 0.5) is 0 Å². The molecule has 6 N–H and O–H groups in total. The molecule has 1 aromatic heterocycles. The Kier molecular flexibility index (Phi) is 5.89. The van der Waals surface area contributed by atoms with Gasteiger partial charge in [-0.05, 0) is 6.07 Å². The zero-order valence-electron chi connectivity index (χ0n) is 14.3. The van der Waals surface area contributed by atoms with Gasteiger partial charge in [0.25, 0.3) is 0 Å². The first-order valence-electron chi connectivity index (χ1n) is 8.38. The van der Waals surface area contributed by atoms with Gasteiger partial charge in [0.2, 0.25) is 0 Å². The summed E-state index contributed by atoms with van der Waals surface area (Å²) in [6.45, 7) is 0.273. The number of phenols is 2. The van der Waals surface area contributed by atoms with Crippen LogP contribution in [-0.4, -0.2) is 78.7 Å². The molecule has 3 atom stereocenters. The van der Waals surface area contributed by atoms with Crippen molar-refractivity contribution in [3.63, 3.8) is 0 Å². The van der Waals surface area contributed by atoms with E-state index < -0.39 is 24.9 Å². The first kappa shape index (κ1) is 19.9. The second-order valence-electron chi connectivity index (χ2n) is 6.55. The Morgan fingerprint density at radius 1 is 1.15 bits per heavy atom. The lowest BCUT2D eigenvalue weighted by Gasteiger charge is -2.30. The number of aromatic hydroxyl groups is 2.